The summed E-state index contributed by atoms with van der Waals surface area (Å²) in [5, 5.41) is 16.6. The third-order valence-corrected chi connectivity index (χ3v) is 5.65. The SMILES string of the molecule is CC(C)(C)OC(=O)NC1(C(=O)NCCC(O)c2ccc(Cl)cc2)CCN(C(=O)OC(C)(C)C)CC1. The highest BCUT2D eigenvalue weighted by molar-refractivity contribution is 6.30. The minimum atomic E-state index is -1.26. The van der Waals surface area contributed by atoms with Crippen molar-refractivity contribution in [3.05, 3.63) is 34.9 Å². The second-order valence-corrected chi connectivity index (χ2v) is 11.2. The van der Waals surface area contributed by atoms with Crippen molar-refractivity contribution in [1.29, 1.82) is 0 Å². The van der Waals surface area contributed by atoms with Crippen LogP contribution in [0.1, 0.15) is 72.5 Å². The Balaban J connectivity index is 2.05. The standard InChI is InChI=1S/C25H38ClN3O6/c1-23(2,3)34-21(32)28-25(12-15-29(16-13-25)22(33)35-24(4,5)6)20(31)27-14-11-19(30)17-7-9-18(26)10-8-17/h7-10,19,30H,11-16H2,1-6H3,(H,27,31)(H,28,32). The highest BCUT2D eigenvalue weighted by Crippen LogP contribution is 2.26. The van der Waals surface area contributed by atoms with E-state index in [2.05, 4.69) is 10.6 Å². The minimum absolute atomic E-state index is 0.191. The molecule has 10 heteroatoms. The molecule has 1 heterocycles. The Morgan fingerprint density at radius 2 is 1.57 bits per heavy atom. The maximum Gasteiger partial charge on any atom is 0.410 e. The molecule has 1 aromatic carbocycles. The Bertz CT molecular complexity index is 884. The van der Waals surface area contributed by atoms with E-state index in [0.717, 1.165) is 0 Å². The molecule has 0 aromatic heterocycles. The lowest BCUT2D eigenvalue weighted by Crippen LogP contribution is -2.64. The predicted molar refractivity (Wildman–Crippen MR) is 133 cm³/mol. The first kappa shape index (κ1) is 28.7. The zero-order chi connectivity index (χ0) is 26.4. The quantitative estimate of drug-likeness (QED) is 0.527. The molecule has 1 saturated heterocycles. The summed E-state index contributed by atoms with van der Waals surface area (Å²) in [6.45, 7) is 11.2. The van der Waals surface area contributed by atoms with Crippen LogP contribution in [-0.2, 0) is 14.3 Å². The summed E-state index contributed by atoms with van der Waals surface area (Å²) >= 11 is 5.89. The molecule has 0 radical (unpaired) electrons. The number of carbonyl (C=O) groups is 3. The molecule has 0 saturated carbocycles. The first-order valence-electron chi connectivity index (χ1n) is 11.8. The molecule has 1 aliphatic rings. The molecule has 1 unspecified atom stereocenters. The van der Waals surface area contributed by atoms with Crippen LogP contribution in [-0.4, -0.2) is 64.5 Å². The minimum Gasteiger partial charge on any atom is -0.444 e. The summed E-state index contributed by atoms with van der Waals surface area (Å²) in [5.41, 5.74) is -1.94. The fraction of sp³-hybridized carbons (Fsp3) is 0.640. The van der Waals surface area contributed by atoms with Crippen molar-refractivity contribution >= 4 is 29.7 Å². The summed E-state index contributed by atoms with van der Waals surface area (Å²) in [6.07, 6.45) is -1.29. The number of halogens is 1. The molecule has 0 aliphatic carbocycles. The maximum atomic E-state index is 13.3. The summed E-state index contributed by atoms with van der Waals surface area (Å²) in [5.74, 6) is -0.393. The van der Waals surface area contributed by atoms with Gasteiger partial charge in [0.2, 0.25) is 5.91 Å². The summed E-state index contributed by atoms with van der Waals surface area (Å²) in [4.78, 5) is 39.8. The third-order valence-electron chi connectivity index (χ3n) is 5.40. The molecule has 0 spiro atoms. The van der Waals surface area contributed by atoms with E-state index in [1.54, 1.807) is 65.8 Å². The van der Waals surface area contributed by atoms with Gasteiger partial charge in [0, 0.05) is 24.7 Å². The average Bonchev–Trinajstić information content (AvgIpc) is 2.71. The number of rotatable bonds is 6. The van der Waals surface area contributed by atoms with Crippen LogP contribution in [0.25, 0.3) is 0 Å². The van der Waals surface area contributed by atoms with Gasteiger partial charge < -0.3 is 30.1 Å². The second kappa shape index (κ2) is 11.5. The number of amides is 3. The lowest BCUT2D eigenvalue weighted by atomic mass is 9.86. The zero-order valence-corrected chi connectivity index (χ0v) is 22.2. The number of carbonyl (C=O) groups excluding carboxylic acids is 3. The molecule has 3 N–H and O–H groups in total. The van der Waals surface area contributed by atoms with Crippen LogP contribution in [0, 0.1) is 0 Å². The van der Waals surface area contributed by atoms with Gasteiger partial charge in [0.05, 0.1) is 6.10 Å². The van der Waals surface area contributed by atoms with Gasteiger partial charge in [-0.05, 0) is 78.5 Å². The summed E-state index contributed by atoms with van der Waals surface area (Å²) in [7, 11) is 0. The van der Waals surface area contributed by atoms with Crippen molar-refractivity contribution in [2.24, 2.45) is 0 Å². The number of nitrogens with zero attached hydrogens (tertiary/aromatic N) is 1. The van der Waals surface area contributed by atoms with E-state index in [1.165, 1.54) is 4.90 Å². The van der Waals surface area contributed by atoms with E-state index in [-0.39, 0.29) is 38.9 Å². The summed E-state index contributed by atoms with van der Waals surface area (Å²) in [6, 6.07) is 6.84. The Hall–Kier alpha value is -2.52. The van der Waals surface area contributed by atoms with Gasteiger partial charge in [-0.15, -0.1) is 0 Å². The first-order chi connectivity index (χ1) is 16.1. The molecule has 1 aliphatic heterocycles. The Kier molecular flexibility index (Phi) is 9.42. The van der Waals surface area contributed by atoms with Crippen molar-refractivity contribution in [1.82, 2.24) is 15.5 Å². The molecular formula is C25H38ClN3O6. The number of likely N-dealkylation sites (tertiary alicyclic amines) is 1. The topological polar surface area (TPSA) is 117 Å². The van der Waals surface area contributed by atoms with Gasteiger partial charge in [-0.25, -0.2) is 9.59 Å². The van der Waals surface area contributed by atoms with Crippen LogP contribution in [0.4, 0.5) is 9.59 Å². The molecular weight excluding hydrogens is 474 g/mol. The van der Waals surface area contributed by atoms with Crippen LogP contribution in [0.2, 0.25) is 5.02 Å². The summed E-state index contributed by atoms with van der Waals surface area (Å²) < 4.78 is 10.8. The monoisotopic (exact) mass is 511 g/mol. The van der Waals surface area contributed by atoms with Crippen LogP contribution in [0.5, 0.6) is 0 Å². The molecule has 9 nitrogen and oxygen atoms in total. The molecule has 3 amide bonds. The van der Waals surface area contributed by atoms with Gasteiger partial charge >= 0.3 is 12.2 Å². The average molecular weight is 512 g/mol. The number of aliphatic hydroxyl groups is 1. The molecule has 196 valence electrons. The molecule has 1 fully saturated rings. The number of nitrogens with one attached hydrogen (secondary N) is 2. The van der Waals surface area contributed by atoms with Gasteiger partial charge in [0.1, 0.15) is 16.7 Å². The van der Waals surface area contributed by atoms with Crippen molar-refractivity contribution in [2.75, 3.05) is 19.6 Å². The first-order valence-corrected chi connectivity index (χ1v) is 12.2. The van der Waals surface area contributed by atoms with E-state index in [4.69, 9.17) is 21.1 Å². The normalized spacial score (nSPS) is 16.7. The van der Waals surface area contributed by atoms with E-state index < -0.39 is 40.9 Å². The maximum absolute atomic E-state index is 13.3. The number of benzene rings is 1. The number of ether oxygens (including phenoxy) is 2. The Morgan fingerprint density at radius 3 is 2.09 bits per heavy atom. The lowest BCUT2D eigenvalue weighted by Gasteiger charge is -2.41. The van der Waals surface area contributed by atoms with Gasteiger partial charge in [-0.1, -0.05) is 23.7 Å². The van der Waals surface area contributed by atoms with Crippen molar-refractivity contribution in [2.45, 2.75) is 83.6 Å². The number of hydrogen-bond donors (Lipinski definition) is 3. The highest BCUT2D eigenvalue weighted by Gasteiger charge is 2.45. The van der Waals surface area contributed by atoms with E-state index in [0.29, 0.717) is 10.6 Å². The van der Waals surface area contributed by atoms with E-state index >= 15 is 0 Å². The molecule has 1 aromatic rings. The van der Waals surface area contributed by atoms with Gasteiger partial charge in [0.15, 0.2) is 0 Å². The third kappa shape index (κ3) is 9.22. The molecule has 35 heavy (non-hydrogen) atoms. The van der Waals surface area contributed by atoms with E-state index in [9.17, 15) is 19.5 Å². The van der Waals surface area contributed by atoms with Crippen molar-refractivity contribution in [3.63, 3.8) is 0 Å². The number of hydrogen-bond acceptors (Lipinski definition) is 6. The second-order valence-electron chi connectivity index (χ2n) is 10.8. The van der Waals surface area contributed by atoms with Gasteiger partial charge in [0.25, 0.3) is 0 Å². The molecule has 1 atom stereocenters. The number of piperidine rings is 1. The number of alkyl carbamates (subject to hydrolysis) is 1. The number of aliphatic hydroxyl groups excluding tert-OH is 1. The van der Waals surface area contributed by atoms with Gasteiger partial charge in [-0.2, -0.15) is 0 Å². The Morgan fingerprint density at radius 1 is 1.03 bits per heavy atom. The lowest BCUT2D eigenvalue weighted by molar-refractivity contribution is -0.129. The zero-order valence-electron chi connectivity index (χ0n) is 21.4. The Labute approximate surface area is 212 Å². The largest absolute Gasteiger partial charge is 0.444 e. The van der Waals surface area contributed by atoms with E-state index in [1.807, 2.05) is 0 Å². The van der Waals surface area contributed by atoms with Crippen LogP contribution < -0.4 is 10.6 Å². The highest BCUT2D eigenvalue weighted by atomic mass is 35.5. The molecule has 0 bridgehead atoms. The predicted octanol–water partition coefficient (Wildman–Crippen LogP) is 4.17. The van der Waals surface area contributed by atoms with Crippen LogP contribution in [0.15, 0.2) is 24.3 Å². The fourth-order valence-corrected chi connectivity index (χ4v) is 3.77. The van der Waals surface area contributed by atoms with Gasteiger partial charge in [-0.3, -0.25) is 4.79 Å². The molecule has 2 rings (SSSR count). The van der Waals surface area contributed by atoms with Crippen LogP contribution >= 0.6 is 11.6 Å². The fourth-order valence-electron chi connectivity index (χ4n) is 3.65. The van der Waals surface area contributed by atoms with Crippen molar-refractivity contribution < 1.29 is 29.0 Å². The van der Waals surface area contributed by atoms with Crippen LogP contribution in [0.3, 0.4) is 0 Å². The van der Waals surface area contributed by atoms with Crippen molar-refractivity contribution in [3.8, 4) is 0 Å². The smallest absolute Gasteiger partial charge is 0.410 e.